The molecule has 0 radical (unpaired) electrons. The van der Waals surface area contributed by atoms with Crippen molar-refractivity contribution in [3.05, 3.63) is 12.2 Å². The molecule has 2 saturated heterocycles. The number of carboxylic acid groups (broad SMARTS) is 1. The molecule has 0 aromatic carbocycles. The summed E-state index contributed by atoms with van der Waals surface area (Å²) in [5.74, 6) is -2.42. The van der Waals surface area contributed by atoms with Crippen LogP contribution in [0.4, 0.5) is 0 Å². The summed E-state index contributed by atoms with van der Waals surface area (Å²) in [5.41, 5.74) is 0. The predicted molar refractivity (Wildman–Crippen MR) is 59.8 cm³/mol. The maximum absolute atomic E-state index is 12.4. The summed E-state index contributed by atoms with van der Waals surface area (Å²) in [6.07, 6.45) is 2.70. The molecule has 18 heavy (non-hydrogen) atoms. The number of hydrogen-bond donors (Lipinski definition) is 1. The van der Waals surface area contributed by atoms with E-state index >= 15 is 0 Å². The van der Waals surface area contributed by atoms with Crippen LogP contribution in [0.25, 0.3) is 0 Å². The zero-order valence-electron chi connectivity index (χ0n) is 9.82. The lowest BCUT2D eigenvalue weighted by atomic mass is 9.82. The number of hydrogen-bond acceptors (Lipinski definition) is 4. The fourth-order valence-corrected chi connectivity index (χ4v) is 2.89. The summed E-state index contributed by atoms with van der Waals surface area (Å²) in [4.78, 5) is 25.4. The number of rotatable bonds is 2. The smallest absolute Gasteiger partial charge is 0.310 e. The minimum atomic E-state index is -0.960. The van der Waals surface area contributed by atoms with Crippen LogP contribution in [0.3, 0.4) is 0 Å². The highest BCUT2D eigenvalue weighted by atomic mass is 16.5. The van der Waals surface area contributed by atoms with Gasteiger partial charge in [0.2, 0.25) is 5.91 Å². The van der Waals surface area contributed by atoms with Gasteiger partial charge in [-0.25, -0.2) is 0 Å². The molecule has 6 heteroatoms. The summed E-state index contributed by atoms with van der Waals surface area (Å²) in [5, 5.41) is 9.24. The lowest BCUT2D eigenvalue weighted by Gasteiger charge is -2.31. The van der Waals surface area contributed by atoms with Gasteiger partial charge >= 0.3 is 5.97 Å². The highest BCUT2D eigenvalue weighted by Crippen LogP contribution is 2.40. The van der Waals surface area contributed by atoms with E-state index in [4.69, 9.17) is 9.47 Å². The van der Waals surface area contributed by atoms with Crippen molar-refractivity contribution < 1.29 is 24.2 Å². The average molecular weight is 253 g/mol. The van der Waals surface area contributed by atoms with E-state index < -0.39 is 23.9 Å². The van der Waals surface area contributed by atoms with Crippen LogP contribution < -0.4 is 0 Å². The molecule has 4 atom stereocenters. The highest BCUT2D eigenvalue weighted by molar-refractivity contribution is 5.87. The van der Waals surface area contributed by atoms with Crippen LogP contribution in [0.15, 0.2) is 12.2 Å². The molecule has 3 heterocycles. The van der Waals surface area contributed by atoms with E-state index in [1.54, 1.807) is 17.1 Å². The Morgan fingerprint density at radius 3 is 2.33 bits per heavy atom. The third-order valence-corrected chi connectivity index (χ3v) is 3.79. The molecule has 1 amide bonds. The van der Waals surface area contributed by atoms with Gasteiger partial charge in [0.1, 0.15) is 5.92 Å². The summed E-state index contributed by atoms with van der Waals surface area (Å²) < 4.78 is 10.7. The van der Waals surface area contributed by atoms with E-state index in [0.29, 0.717) is 26.3 Å². The standard InChI is InChI=1S/C12H15NO5/c14-11(13-3-5-17-6-4-13)9-7-1-2-8(18-7)10(9)12(15)16/h1-2,7-10H,3-6H2,(H,15,16)/t7-,8+,9-,10-/m0/s1. The molecular formula is C12H15NO5. The molecule has 0 aromatic heterocycles. The topological polar surface area (TPSA) is 76.1 Å². The average Bonchev–Trinajstić information content (AvgIpc) is 2.99. The van der Waals surface area contributed by atoms with Crippen molar-refractivity contribution in [2.75, 3.05) is 26.3 Å². The maximum Gasteiger partial charge on any atom is 0.310 e. The van der Waals surface area contributed by atoms with E-state index in [2.05, 4.69) is 0 Å². The Kier molecular flexibility index (Phi) is 2.83. The van der Waals surface area contributed by atoms with Gasteiger partial charge in [-0.2, -0.15) is 0 Å². The summed E-state index contributed by atoms with van der Waals surface area (Å²) in [6, 6.07) is 0. The number of ether oxygens (including phenoxy) is 2. The third-order valence-electron chi connectivity index (χ3n) is 3.79. The Morgan fingerprint density at radius 1 is 1.11 bits per heavy atom. The molecule has 2 bridgehead atoms. The second kappa shape index (κ2) is 4.37. The van der Waals surface area contributed by atoms with Crippen molar-refractivity contribution in [1.29, 1.82) is 0 Å². The van der Waals surface area contributed by atoms with Crippen molar-refractivity contribution in [3.63, 3.8) is 0 Å². The molecule has 0 aromatic rings. The summed E-state index contributed by atoms with van der Waals surface area (Å²) >= 11 is 0. The Hall–Kier alpha value is -1.40. The molecule has 3 aliphatic rings. The van der Waals surface area contributed by atoms with Gasteiger partial charge in [0.25, 0.3) is 0 Å². The largest absolute Gasteiger partial charge is 0.481 e. The Balaban J connectivity index is 1.79. The minimum Gasteiger partial charge on any atom is -0.481 e. The number of carbonyl (C=O) groups excluding carboxylic acids is 1. The van der Waals surface area contributed by atoms with Crippen LogP contribution in [0, 0.1) is 11.8 Å². The van der Waals surface area contributed by atoms with Gasteiger partial charge in [-0.05, 0) is 0 Å². The zero-order chi connectivity index (χ0) is 12.7. The number of amides is 1. The second-order valence-electron chi connectivity index (χ2n) is 4.78. The van der Waals surface area contributed by atoms with Crippen LogP contribution in [-0.2, 0) is 19.1 Å². The first kappa shape index (κ1) is 11.7. The molecule has 6 nitrogen and oxygen atoms in total. The van der Waals surface area contributed by atoms with Gasteiger partial charge in [-0.1, -0.05) is 12.2 Å². The lowest BCUT2D eigenvalue weighted by Crippen LogP contribution is -2.48. The summed E-state index contributed by atoms with van der Waals surface area (Å²) in [6.45, 7) is 2.09. The van der Waals surface area contributed by atoms with Crippen molar-refractivity contribution in [3.8, 4) is 0 Å². The van der Waals surface area contributed by atoms with E-state index in [0.717, 1.165) is 0 Å². The molecule has 0 unspecified atom stereocenters. The number of fused-ring (bicyclic) bond motifs is 2. The maximum atomic E-state index is 12.4. The first-order valence-electron chi connectivity index (χ1n) is 6.11. The van der Waals surface area contributed by atoms with Crippen LogP contribution >= 0.6 is 0 Å². The fraction of sp³-hybridized carbons (Fsp3) is 0.667. The van der Waals surface area contributed by atoms with Crippen LogP contribution in [0.5, 0.6) is 0 Å². The molecule has 98 valence electrons. The van der Waals surface area contributed by atoms with Crippen molar-refractivity contribution in [2.45, 2.75) is 12.2 Å². The van der Waals surface area contributed by atoms with Crippen LogP contribution in [0.1, 0.15) is 0 Å². The number of carboxylic acids is 1. The van der Waals surface area contributed by atoms with Crippen molar-refractivity contribution in [1.82, 2.24) is 4.90 Å². The third kappa shape index (κ3) is 1.72. The lowest BCUT2D eigenvalue weighted by molar-refractivity contribution is -0.151. The highest BCUT2D eigenvalue weighted by Gasteiger charge is 2.54. The van der Waals surface area contributed by atoms with Gasteiger partial charge in [0.15, 0.2) is 0 Å². The number of carbonyl (C=O) groups is 2. The molecule has 3 rings (SSSR count). The monoisotopic (exact) mass is 253 g/mol. The van der Waals surface area contributed by atoms with Crippen molar-refractivity contribution in [2.24, 2.45) is 11.8 Å². The van der Waals surface area contributed by atoms with Crippen LogP contribution in [0.2, 0.25) is 0 Å². The first-order valence-corrected chi connectivity index (χ1v) is 6.11. The van der Waals surface area contributed by atoms with Gasteiger partial charge in [0, 0.05) is 13.1 Å². The van der Waals surface area contributed by atoms with E-state index in [1.165, 1.54) is 0 Å². The zero-order valence-corrected chi connectivity index (χ0v) is 9.82. The molecule has 2 fully saturated rings. The number of aliphatic carboxylic acids is 1. The van der Waals surface area contributed by atoms with Gasteiger partial charge in [0.05, 0.1) is 31.3 Å². The number of morpholine rings is 1. The number of nitrogens with zero attached hydrogens (tertiary/aromatic N) is 1. The normalized spacial score (nSPS) is 38.1. The van der Waals surface area contributed by atoms with E-state index in [9.17, 15) is 14.7 Å². The Labute approximate surface area is 104 Å². The summed E-state index contributed by atoms with van der Waals surface area (Å²) in [7, 11) is 0. The quantitative estimate of drug-likeness (QED) is 0.671. The molecule has 0 aliphatic carbocycles. The second-order valence-corrected chi connectivity index (χ2v) is 4.78. The molecule has 0 spiro atoms. The minimum absolute atomic E-state index is 0.123. The molecular weight excluding hydrogens is 238 g/mol. The van der Waals surface area contributed by atoms with Gasteiger partial charge in [-0.15, -0.1) is 0 Å². The molecule has 1 N–H and O–H groups in total. The first-order chi connectivity index (χ1) is 8.68. The SMILES string of the molecule is O=C(O)[C@@H]1[C@@H](C(=O)N2CCOCC2)[C@@H]2C=C[C@H]1O2. The van der Waals surface area contributed by atoms with Crippen molar-refractivity contribution >= 4 is 11.9 Å². The van der Waals surface area contributed by atoms with Gasteiger partial charge in [-0.3, -0.25) is 9.59 Å². The van der Waals surface area contributed by atoms with Crippen LogP contribution in [-0.4, -0.2) is 60.4 Å². The van der Waals surface area contributed by atoms with E-state index in [1.807, 2.05) is 0 Å². The fourth-order valence-electron chi connectivity index (χ4n) is 2.89. The molecule has 0 saturated carbocycles. The Morgan fingerprint density at radius 2 is 1.72 bits per heavy atom. The Bertz CT molecular complexity index is 401. The van der Waals surface area contributed by atoms with E-state index in [-0.39, 0.29) is 12.0 Å². The molecule has 3 aliphatic heterocycles. The van der Waals surface area contributed by atoms with Gasteiger partial charge < -0.3 is 19.5 Å². The predicted octanol–water partition coefficient (Wildman–Crippen LogP) is -0.501.